The number of nitrogens with two attached hydrogens (primary N) is 1. The molecule has 1 aromatic carbocycles. The van der Waals surface area contributed by atoms with Crippen LogP contribution in [0.2, 0.25) is 0 Å². The van der Waals surface area contributed by atoms with E-state index < -0.39 is 6.61 Å². The van der Waals surface area contributed by atoms with Crippen molar-refractivity contribution in [3.05, 3.63) is 23.8 Å². The highest BCUT2D eigenvalue weighted by Crippen LogP contribution is 2.30. The summed E-state index contributed by atoms with van der Waals surface area (Å²) in [4.78, 5) is 14.2. The summed E-state index contributed by atoms with van der Waals surface area (Å²) >= 11 is 0. The molecule has 2 N–H and O–H groups in total. The van der Waals surface area contributed by atoms with Gasteiger partial charge in [0, 0.05) is 18.7 Å². The Kier molecular flexibility index (Phi) is 5.54. The van der Waals surface area contributed by atoms with Gasteiger partial charge in [0.2, 0.25) is 0 Å². The molecule has 0 atom stereocenters. The van der Waals surface area contributed by atoms with Gasteiger partial charge >= 0.3 is 6.61 Å². The third kappa shape index (κ3) is 3.85. The molecule has 122 valence electrons. The fourth-order valence-electron chi connectivity index (χ4n) is 2.55. The highest BCUT2D eigenvalue weighted by molar-refractivity contribution is 5.95. The van der Waals surface area contributed by atoms with Crippen LogP contribution in [-0.2, 0) is 0 Å². The molecular weight excluding hydrogens is 294 g/mol. The first-order valence-corrected chi connectivity index (χ1v) is 7.17. The van der Waals surface area contributed by atoms with Gasteiger partial charge in [-0.3, -0.25) is 4.79 Å². The molecule has 1 aliphatic heterocycles. The van der Waals surface area contributed by atoms with E-state index in [2.05, 4.69) is 4.74 Å². The summed E-state index contributed by atoms with van der Waals surface area (Å²) in [6.45, 7) is -1.00. The second-order valence-electron chi connectivity index (χ2n) is 5.22. The molecule has 0 unspecified atom stereocenters. The smallest absolute Gasteiger partial charge is 0.387 e. The summed E-state index contributed by atoms with van der Waals surface area (Å²) in [5.41, 5.74) is 6.03. The number of rotatable bonds is 5. The van der Waals surface area contributed by atoms with Crippen molar-refractivity contribution >= 4 is 5.91 Å². The van der Waals surface area contributed by atoms with Crippen molar-refractivity contribution in [1.29, 1.82) is 0 Å². The van der Waals surface area contributed by atoms with E-state index in [1.807, 2.05) is 0 Å². The number of carbonyl (C=O) groups excluding carboxylic acids is 1. The molecule has 0 saturated carbocycles. The number of piperidine rings is 1. The lowest BCUT2D eigenvalue weighted by atomic mass is 9.96. The standard InChI is InChI=1S/C15H20F2N2O3/c1-21-13-8-11(2-3-12(13)22-15(16)17)14(20)19-6-4-10(9-18)5-7-19/h2-3,8,10,15H,4-7,9,18H2,1H3. The van der Waals surface area contributed by atoms with Crippen LogP contribution < -0.4 is 15.2 Å². The van der Waals surface area contributed by atoms with Crippen molar-refractivity contribution in [1.82, 2.24) is 4.90 Å². The zero-order chi connectivity index (χ0) is 16.1. The normalized spacial score (nSPS) is 16.0. The summed E-state index contributed by atoms with van der Waals surface area (Å²) in [7, 11) is 1.34. The Morgan fingerprint density at radius 2 is 2.05 bits per heavy atom. The molecule has 1 fully saturated rings. The second kappa shape index (κ2) is 7.40. The molecule has 0 spiro atoms. The van der Waals surface area contributed by atoms with Crippen LogP contribution in [0, 0.1) is 5.92 Å². The zero-order valence-electron chi connectivity index (χ0n) is 12.4. The van der Waals surface area contributed by atoms with Crippen LogP contribution in [-0.4, -0.2) is 44.2 Å². The maximum absolute atomic E-state index is 12.4. The largest absolute Gasteiger partial charge is 0.493 e. The minimum absolute atomic E-state index is 0.0871. The molecule has 1 aromatic rings. The van der Waals surface area contributed by atoms with E-state index in [9.17, 15) is 13.6 Å². The molecule has 1 saturated heterocycles. The van der Waals surface area contributed by atoms with Crippen molar-refractivity contribution in [2.75, 3.05) is 26.7 Å². The van der Waals surface area contributed by atoms with Crippen LogP contribution in [0.1, 0.15) is 23.2 Å². The zero-order valence-corrected chi connectivity index (χ0v) is 12.4. The SMILES string of the molecule is COc1cc(C(=O)N2CCC(CN)CC2)ccc1OC(F)F. The van der Waals surface area contributed by atoms with Crippen LogP contribution in [0.25, 0.3) is 0 Å². The minimum Gasteiger partial charge on any atom is -0.493 e. The van der Waals surface area contributed by atoms with Crippen molar-refractivity contribution in [2.45, 2.75) is 19.5 Å². The molecule has 0 aliphatic carbocycles. The van der Waals surface area contributed by atoms with Crippen LogP contribution in [0.5, 0.6) is 11.5 Å². The van der Waals surface area contributed by atoms with Crippen LogP contribution >= 0.6 is 0 Å². The highest BCUT2D eigenvalue weighted by atomic mass is 19.3. The summed E-state index contributed by atoms with van der Waals surface area (Å²) in [5.74, 6) is 0.344. The topological polar surface area (TPSA) is 64.8 Å². The monoisotopic (exact) mass is 314 g/mol. The number of alkyl halides is 2. The van der Waals surface area contributed by atoms with E-state index in [0.29, 0.717) is 31.1 Å². The van der Waals surface area contributed by atoms with Gasteiger partial charge in [0.05, 0.1) is 7.11 Å². The van der Waals surface area contributed by atoms with Crippen LogP contribution in [0.4, 0.5) is 8.78 Å². The van der Waals surface area contributed by atoms with Gasteiger partial charge in [-0.2, -0.15) is 8.78 Å². The van der Waals surface area contributed by atoms with E-state index in [1.165, 1.54) is 25.3 Å². The van der Waals surface area contributed by atoms with Gasteiger partial charge in [-0.15, -0.1) is 0 Å². The van der Waals surface area contributed by atoms with Crippen molar-refractivity contribution in [3.63, 3.8) is 0 Å². The third-order valence-electron chi connectivity index (χ3n) is 3.86. The van der Waals surface area contributed by atoms with E-state index in [1.54, 1.807) is 4.90 Å². The maximum atomic E-state index is 12.4. The number of hydrogen-bond donors (Lipinski definition) is 1. The second-order valence-corrected chi connectivity index (χ2v) is 5.22. The van der Waals surface area contributed by atoms with E-state index in [4.69, 9.17) is 10.5 Å². The summed E-state index contributed by atoms with van der Waals surface area (Å²) in [6, 6.07) is 4.22. The average Bonchev–Trinajstić information content (AvgIpc) is 2.54. The number of benzene rings is 1. The lowest BCUT2D eigenvalue weighted by Crippen LogP contribution is -2.40. The van der Waals surface area contributed by atoms with Crippen LogP contribution in [0.15, 0.2) is 18.2 Å². The Morgan fingerprint density at radius 3 is 2.59 bits per heavy atom. The number of likely N-dealkylation sites (tertiary alicyclic amines) is 1. The first-order valence-electron chi connectivity index (χ1n) is 7.17. The van der Waals surface area contributed by atoms with Crippen molar-refractivity contribution < 1.29 is 23.0 Å². The Bertz CT molecular complexity index is 518. The highest BCUT2D eigenvalue weighted by Gasteiger charge is 2.24. The van der Waals surface area contributed by atoms with Gasteiger partial charge in [-0.25, -0.2) is 0 Å². The quantitative estimate of drug-likeness (QED) is 0.904. The fourth-order valence-corrected chi connectivity index (χ4v) is 2.55. The first-order chi connectivity index (χ1) is 10.5. The Labute approximate surface area is 128 Å². The molecule has 1 amide bonds. The number of carbonyl (C=O) groups is 1. The van der Waals surface area contributed by atoms with E-state index >= 15 is 0 Å². The number of nitrogens with zero attached hydrogens (tertiary/aromatic N) is 1. The summed E-state index contributed by atoms with van der Waals surface area (Å²) in [5, 5.41) is 0. The third-order valence-corrected chi connectivity index (χ3v) is 3.86. The van der Waals surface area contributed by atoms with Gasteiger partial charge in [0.15, 0.2) is 11.5 Å². The molecule has 0 aromatic heterocycles. The van der Waals surface area contributed by atoms with Gasteiger partial charge in [-0.05, 0) is 43.5 Å². The van der Waals surface area contributed by atoms with Crippen LogP contribution in [0.3, 0.4) is 0 Å². The predicted octanol–water partition coefficient (Wildman–Crippen LogP) is 2.11. The van der Waals surface area contributed by atoms with E-state index in [0.717, 1.165) is 12.8 Å². The molecular formula is C15H20F2N2O3. The number of methoxy groups -OCH3 is 1. The Hall–Kier alpha value is -1.89. The maximum Gasteiger partial charge on any atom is 0.387 e. The molecule has 5 nitrogen and oxygen atoms in total. The summed E-state index contributed by atoms with van der Waals surface area (Å²) < 4.78 is 33.9. The molecule has 22 heavy (non-hydrogen) atoms. The fraction of sp³-hybridized carbons (Fsp3) is 0.533. The van der Waals surface area contributed by atoms with Crippen molar-refractivity contribution in [3.8, 4) is 11.5 Å². The molecule has 1 heterocycles. The molecule has 2 rings (SSSR count). The lowest BCUT2D eigenvalue weighted by molar-refractivity contribution is -0.0512. The number of hydrogen-bond acceptors (Lipinski definition) is 4. The molecule has 7 heteroatoms. The average molecular weight is 314 g/mol. The number of ether oxygens (including phenoxy) is 2. The van der Waals surface area contributed by atoms with Gasteiger partial charge in [0.1, 0.15) is 0 Å². The minimum atomic E-state index is -2.94. The molecule has 1 aliphatic rings. The number of amides is 1. The number of halogens is 2. The van der Waals surface area contributed by atoms with E-state index in [-0.39, 0.29) is 17.4 Å². The summed E-state index contributed by atoms with van der Waals surface area (Å²) in [6.07, 6.45) is 1.76. The molecule has 0 bridgehead atoms. The van der Waals surface area contributed by atoms with Gasteiger partial charge in [-0.1, -0.05) is 0 Å². The Balaban J connectivity index is 2.10. The molecule has 0 radical (unpaired) electrons. The lowest BCUT2D eigenvalue weighted by Gasteiger charge is -2.31. The predicted molar refractivity (Wildman–Crippen MR) is 77.3 cm³/mol. The Morgan fingerprint density at radius 1 is 1.36 bits per heavy atom. The first kappa shape index (κ1) is 16.5. The van der Waals surface area contributed by atoms with Crippen molar-refractivity contribution in [2.24, 2.45) is 11.7 Å². The van der Waals surface area contributed by atoms with Gasteiger partial charge in [0.25, 0.3) is 5.91 Å². The van der Waals surface area contributed by atoms with Gasteiger partial charge < -0.3 is 20.1 Å².